The van der Waals surface area contributed by atoms with E-state index in [0.717, 1.165) is 22.9 Å². The summed E-state index contributed by atoms with van der Waals surface area (Å²) in [6.45, 7) is 2.29. The number of benzene rings is 2. The second-order valence-electron chi connectivity index (χ2n) is 5.76. The van der Waals surface area contributed by atoms with Crippen molar-refractivity contribution in [3.8, 4) is 11.5 Å². The number of anilines is 1. The van der Waals surface area contributed by atoms with Crippen molar-refractivity contribution >= 4 is 11.7 Å². The molecule has 2 aromatic carbocycles. The van der Waals surface area contributed by atoms with E-state index in [1.165, 1.54) is 6.07 Å². The maximum Gasteiger partial charge on any atom is 0.255 e. The zero-order valence-corrected chi connectivity index (χ0v) is 14.2. The Morgan fingerprint density at radius 3 is 2.54 bits per heavy atom. The van der Waals surface area contributed by atoms with Crippen LogP contribution in [0.4, 0.5) is 10.2 Å². The topological polar surface area (TPSA) is 77.2 Å². The van der Waals surface area contributed by atoms with Gasteiger partial charge in [0.1, 0.15) is 17.3 Å². The van der Waals surface area contributed by atoms with E-state index in [1.807, 2.05) is 55.5 Å². The van der Waals surface area contributed by atoms with Crippen molar-refractivity contribution in [2.75, 3.05) is 5.73 Å². The molecule has 1 amide bonds. The Morgan fingerprint density at radius 2 is 1.85 bits per heavy atom. The first-order valence-corrected chi connectivity index (χ1v) is 8.05. The zero-order valence-electron chi connectivity index (χ0n) is 14.2. The molecule has 0 radical (unpaired) electrons. The number of nitrogens with zero attached hydrogens (tertiary/aromatic N) is 1. The van der Waals surface area contributed by atoms with Crippen molar-refractivity contribution < 1.29 is 13.9 Å². The van der Waals surface area contributed by atoms with Crippen LogP contribution < -0.4 is 15.8 Å². The van der Waals surface area contributed by atoms with Crippen LogP contribution in [0.25, 0.3) is 0 Å². The fourth-order valence-electron chi connectivity index (χ4n) is 2.39. The molecule has 3 rings (SSSR count). The Hall–Kier alpha value is -3.41. The van der Waals surface area contributed by atoms with E-state index in [1.54, 1.807) is 0 Å². The number of halogens is 1. The molecular weight excluding hydrogens is 333 g/mol. The van der Waals surface area contributed by atoms with Crippen LogP contribution in [0.15, 0.2) is 60.7 Å². The minimum atomic E-state index is -0.719. The number of hydrogen-bond acceptors (Lipinski definition) is 4. The highest BCUT2D eigenvalue weighted by atomic mass is 19.1. The molecule has 6 heteroatoms. The Labute approximate surface area is 150 Å². The third-order valence-electron chi connectivity index (χ3n) is 3.83. The molecule has 0 aliphatic carbocycles. The Kier molecular flexibility index (Phi) is 5.12. The lowest BCUT2D eigenvalue weighted by atomic mass is 10.2. The van der Waals surface area contributed by atoms with Gasteiger partial charge in [-0.3, -0.25) is 4.79 Å². The smallest absolute Gasteiger partial charge is 0.255 e. The standard InChI is InChI=1S/C20H18FN3O2/c1-13-4-2-3-5-17(13)26-15-8-6-14(7-9-15)12-23-20(25)16-10-11-18(21)24-19(16)22/h2-11H,12H2,1H3,(H2,22,24)(H,23,25). The molecule has 3 N–H and O–H groups in total. The van der Waals surface area contributed by atoms with Crippen molar-refractivity contribution in [2.45, 2.75) is 13.5 Å². The summed E-state index contributed by atoms with van der Waals surface area (Å²) < 4.78 is 18.8. The molecule has 0 aliphatic rings. The molecule has 0 saturated heterocycles. The lowest BCUT2D eigenvalue weighted by Gasteiger charge is -2.10. The van der Waals surface area contributed by atoms with Crippen molar-refractivity contribution in [3.63, 3.8) is 0 Å². The van der Waals surface area contributed by atoms with Gasteiger partial charge in [-0.25, -0.2) is 4.98 Å². The van der Waals surface area contributed by atoms with Crippen LogP contribution in [0.1, 0.15) is 21.5 Å². The van der Waals surface area contributed by atoms with Crippen molar-refractivity contribution in [1.82, 2.24) is 10.3 Å². The summed E-state index contributed by atoms with van der Waals surface area (Å²) in [6.07, 6.45) is 0. The number of carbonyl (C=O) groups is 1. The molecule has 26 heavy (non-hydrogen) atoms. The van der Waals surface area contributed by atoms with Gasteiger partial charge < -0.3 is 15.8 Å². The summed E-state index contributed by atoms with van der Waals surface area (Å²) in [5.41, 5.74) is 7.66. The van der Waals surface area contributed by atoms with Gasteiger partial charge in [0.2, 0.25) is 5.95 Å². The van der Waals surface area contributed by atoms with Gasteiger partial charge in [-0.05, 0) is 48.4 Å². The molecule has 0 bridgehead atoms. The summed E-state index contributed by atoms with van der Waals surface area (Å²) >= 11 is 0. The monoisotopic (exact) mass is 351 g/mol. The van der Waals surface area contributed by atoms with Crippen LogP contribution in [0.3, 0.4) is 0 Å². The fraction of sp³-hybridized carbons (Fsp3) is 0.100. The molecule has 3 aromatic rings. The van der Waals surface area contributed by atoms with E-state index in [4.69, 9.17) is 10.5 Å². The zero-order chi connectivity index (χ0) is 18.5. The number of carbonyl (C=O) groups excluding carboxylic acids is 1. The van der Waals surface area contributed by atoms with E-state index >= 15 is 0 Å². The van der Waals surface area contributed by atoms with Crippen LogP contribution >= 0.6 is 0 Å². The van der Waals surface area contributed by atoms with Gasteiger partial charge in [-0.1, -0.05) is 30.3 Å². The summed E-state index contributed by atoms with van der Waals surface area (Å²) in [7, 11) is 0. The van der Waals surface area contributed by atoms with E-state index in [0.29, 0.717) is 12.3 Å². The number of nitrogens with one attached hydrogen (secondary N) is 1. The van der Waals surface area contributed by atoms with Crippen LogP contribution in [0.2, 0.25) is 0 Å². The number of rotatable bonds is 5. The number of nitrogen functional groups attached to an aromatic ring is 1. The summed E-state index contributed by atoms with van der Waals surface area (Å²) in [5.74, 6) is 0.247. The van der Waals surface area contributed by atoms with Gasteiger partial charge in [0.15, 0.2) is 0 Å². The second kappa shape index (κ2) is 7.65. The molecule has 0 aliphatic heterocycles. The van der Waals surface area contributed by atoms with Gasteiger partial charge in [0.25, 0.3) is 5.91 Å². The first kappa shape index (κ1) is 17.4. The van der Waals surface area contributed by atoms with E-state index in [2.05, 4.69) is 10.3 Å². The molecular formula is C20H18FN3O2. The molecule has 1 aromatic heterocycles. The number of hydrogen-bond donors (Lipinski definition) is 2. The number of pyridine rings is 1. The Balaban J connectivity index is 1.61. The molecule has 0 fully saturated rings. The lowest BCUT2D eigenvalue weighted by molar-refractivity contribution is 0.0951. The van der Waals surface area contributed by atoms with Crippen molar-refractivity contribution in [1.29, 1.82) is 0 Å². The number of aryl methyl sites for hydroxylation is 1. The number of aromatic nitrogens is 1. The molecule has 0 atom stereocenters. The third kappa shape index (κ3) is 4.16. The number of nitrogens with two attached hydrogens (primary N) is 1. The minimum Gasteiger partial charge on any atom is -0.457 e. The molecule has 5 nitrogen and oxygen atoms in total. The Morgan fingerprint density at radius 1 is 1.12 bits per heavy atom. The van der Waals surface area contributed by atoms with Crippen molar-refractivity contribution in [3.05, 3.63) is 83.3 Å². The van der Waals surface area contributed by atoms with Crippen LogP contribution in [0.5, 0.6) is 11.5 Å². The molecule has 0 spiro atoms. The largest absolute Gasteiger partial charge is 0.457 e. The quantitative estimate of drug-likeness (QED) is 0.685. The average Bonchev–Trinajstić information content (AvgIpc) is 2.63. The lowest BCUT2D eigenvalue weighted by Crippen LogP contribution is -2.24. The van der Waals surface area contributed by atoms with Crippen LogP contribution in [-0.2, 0) is 6.54 Å². The average molecular weight is 351 g/mol. The highest BCUT2D eigenvalue weighted by Crippen LogP contribution is 2.24. The normalized spacial score (nSPS) is 10.4. The Bertz CT molecular complexity index is 927. The van der Waals surface area contributed by atoms with Gasteiger partial charge >= 0.3 is 0 Å². The highest BCUT2D eigenvalue weighted by Gasteiger charge is 2.11. The predicted molar refractivity (Wildman–Crippen MR) is 97.5 cm³/mol. The molecule has 132 valence electrons. The SMILES string of the molecule is Cc1ccccc1Oc1ccc(CNC(=O)c2ccc(F)nc2N)cc1. The first-order chi connectivity index (χ1) is 12.5. The van der Waals surface area contributed by atoms with Gasteiger partial charge in [0, 0.05) is 6.54 Å². The first-order valence-electron chi connectivity index (χ1n) is 8.05. The van der Waals surface area contributed by atoms with E-state index in [-0.39, 0.29) is 11.4 Å². The summed E-state index contributed by atoms with van der Waals surface area (Å²) in [6, 6.07) is 17.6. The number of para-hydroxylation sites is 1. The molecule has 0 saturated carbocycles. The second-order valence-corrected chi connectivity index (χ2v) is 5.76. The van der Waals surface area contributed by atoms with E-state index < -0.39 is 11.9 Å². The van der Waals surface area contributed by atoms with E-state index in [9.17, 15) is 9.18 Å². The summed E-state index contributed by atoms with van der Waals surface area (Å²) in [5, 5.41) is 2.73. The minimum absolute atomic E-state index is 0.135. The van der Waals surface area contributed by atoms with Gasteiger partial charge in [-0.2, -0.15) is 4.39 Å². The molecule has 0 unspecified atom stereocenters. The van der Waals surface area contributed by atoms with Crippen molar-refractivity contribution in [2.24, 2.45) is 0 Å². The number of ether oxygens (including phenoxy) is 1. The fourth-order valence-corrected chi connectivity index (χ4v) is 2.39. The third-order valence-corrected chi connectivity index (χ3v) is 3.83. The maximum absolute atomic E-state index is 12.9. The molecule has 1 heterocycles. The predicted octanol–water partition coefficient (Wildman–Crippen LogP) is 3.83. The number of amides is 1. The van der Waals surface area contributed by atoms with Crippen LogP contribution in [-0.4, -0.2) is 10.9 Å². The highest BCUT2D eigenvalue weighted by molar-refractivity contribution is 5.98. The van der Waals surface area contributed by atoms with Gasteiger partial charge in [0.05, 0.1) is 5.56 Å². The van der Waals surface area contributed by atoms with Crippen LogP contribution in [0, 0.1) is 12.9 Å². The van der Waals surface area contributed by atoms with Gasteiger partial charge in [-0.15, -0.1) is 0 Å². The maximum atomic E-state index is 12.9. The summed E-state index contributed by atoms with van der Waals surface area (Å²) in [4.78, 5) is 15.6.